The van der Waals surface area contributed by atoms with Gasteiger partial charge in [0.05, 0.1) is 6.61 Å². The quantitative estimate of drug-likeness (QED) is 0.0367. The Morgan fingerprint density at radius 2 is 0.684 bits per heavy atom. The largest absolute Gasteiger partial charge is 0.472 e. The number of hydrogen-bond donors (Lipinski definition) is 1. The predicted molar refractivity (Wildman–Crippen MR) is 240 cm³/mol. The lowest BCUT2D eigenvalue weighted by atomic mass is 10.0. The number of ether oxygens (including phenoxy) is 2. The fourth-order valence-corrected chi connectivity index (χ4v) is 8.00. The van der Waals surface area contributed by atoms with Gasteiger partial charge in [-0.3, -0.25) is 18.6 Å². The van der Waals surface area contributed by atoms with Gasteiger partial charge >= 0.3 is 19.8 Å². The minimum absolute atomic E-state index is 0.216. The highest BCUT2D eigenvalue weighted by Crippen LogP contribution is 2.42. The molecule has 0 aromatic carbocycles. The van der Waals surface area contributed by atoms with Gasteiger partial charge in [0.25, 0.3) is 0 Å². The van der Waals surface area contributed by atoms with Crippen molar-refractivity contribution in [3.05, 3.63) is 0 Å². The zero-order valence-corrected chi connectivity index (χ0v) is 38.9. The molecule has 0 aliphatic rings. The van der Waals surface area contributed by atoms with Crippen LogP contribution in [0.15, 0.2) is 0 Å². The highest BCUT2D eigenvalue weighted by Gasteiger charge is 2.24. The van der Waals surface area contributed by atoms with Crippen LogP contribution in [0, 0.1) is 0 Å². The highest BCUT2D eigenvalue weighted by molar-refractivity contribution is 7.47. The first-order valence-electron chi connectivity index (χ1n) is 24.7. The lowest BCUT2D eigenvalue weighted by Crippen LogP contribution is -2.29. The van der Waals surface area contributed by atoms with Gasteiger partial charge in [0.2, 0.25) is 0 Å². The number of phosphoric acid groups is 1. The van der Waals surface area contributed by atoms with E-state index in [1.54, 1.807) is 0 Å². The second-order valence-corrected chi connectivity index (χ2v) is 18.5. The lowest BCUT2D eigenvalue weighted by molar-refractivity contribution is -0.161. The highest BCUT2D eigenvalue weighted by atomic mass is 31.2. The summed E-state index contributed by atoms with van der Waals surface area (Å²) in [5.74, 6) is -0.783. The summed E-state index contributed by atoms with van der Waals surface area (Å²) in [5.41, 5.74) is 0. The van der Waals surface area contributed by atoms with Crippen LogP contribution in [-0.4, -0.2) is 43.3 Å². The molecule has 0 bridgehead atoms. The van der Waals surface area contributed by atoms with Crippen molar-refractivity contribution in [2.45, 2.75) is 277 Å². The van der Waals surface area contributed by atoms with Gasteiger partial charge in [0.15, 0.2) is 6.10 Å². The zero-order chi connectivity index (χ0) is 41.8. The summed E-state index contributed by atoms with van der Waals surface area (Å²) in [4.78, 5) is 34.6. The molecule has 8 nitrogen and oxygen atoms in total. The van der Waals surface area contributed by atoms with Crippen molar-refractivity contribution in [2.24, 2.45) is 0 Å². The number of carbonyl (C=O) groups excluding carboxylic acids is 2. The Hall–Kier alpha value is -0.950. The topological polar surface area (TPSA) is 108 Å². The first kappa shape index (κ1) is 56.0. The van der Waals surface area contributed by atoms with E-state index in [-0.39, 0.29) is 25.6 Å². The zero-order valence-electron chi connectivity index (χ0n) is 38.0. The van der Waals surface area contributed by atoms with Gasteiger partial charge < -0.3 is 14.4 Å². The molecule has 0 heterocycles. The van der Waals surface area contributed by atoms with Crippen LogP contribution in [0.5, 0.6) is 0 Å². The van der Waals surface area contributed by atoms with E-state index in [1.807, 2.05) is 0 Å². The van der Waals surface area contributed by atoms with E-state index in [0.717, 1.165) is 45.6 Å². The average molecular weight is 831 g/mol. The van der Waals surface area contributed by atoms with Crippen LogP contribution < -0.4 is 0 Å². The van der Waals surface area contributed by atoms with Crippen molar-refractivity contribution in [3.63, 3.8) is 0 Å². The minimum Gasteiger partial charge on any atom is -0.462 e. The molecule has 0 amide bonds. The molecule has 57 heavy (non-hydrogen) atoms. The van der Waals surface area contributed by atoms with Gasteiger partial charge in [-0.05, 0) is 12.8 Å². The van der Waals surface area contributed by atoms with E-state index >= 15 is 0 Å². The number of carbonyl (C=O) groups is 2. The molecular formula is C48H95O8P. The van der Waals surface area contributed by atoms with Crippen molar-refractivity contribution >= 4 is 19.8 Å². The van der Waals surface area contributed by atoms with Crippen LogP contribution in [0.1, 0.15) is 271 Å². The van der Waals surface area contributed by atoms with Crippen LogP contribution in [0.2, 0.25) is 0 Å². The van der Waals surface area contributed by atoms with Crippen LogP contribution in [-0.2, 0) is 32.7 Å². The van der Waals surface area contributed by atoms with Crippen molar-refractivity contribution in [1.82, 2.24) is 0 Å². The van der Waals surface area contributed by atoms with E-state index in [9.17, 15) is 19.0 Å². The van der Waals surface area contributed by atoms with Crippen molar-refractivity contribution in [3.8, 4) is 0 Å². The Morgan fingerprint density at radius 3 is 0.965 bits per heavy atom. The van der Waals surface area contributed by atoms with Crippen molar-refractivity contribution in [1.29, 1.82) is 0 Å². The number of hydrogen-bond acceptors (Lipinski definition) is 7. The standard InChI is InChI=1S/C48H95O8P/c1-4-6-8-10-12-14-16-18-20-21-22-23-24-25-26-27-28-29-31-33-35-37-39-41-43-48(50)56-46(45-55-57(51,52)53-3)44-54-47(49)42-40-38-36-34-32-30-19-17-15-13-11-9-7-5-2/h46H,4-45H2,1-3H3,(H,51,52). The van der Waals surface area contributed by atoms with Gasteiger partial charge in [0, 0.05) is 20.0 Å². The molecule has 2 atom stereocenters. The van der Waals surface area contributed by atoms with Crippen molar-refractivity contribution in [2.75, 3.05) is 20.3 Å². The van der Waals surface area contributed by atoms with Gasteiger partial charge in [-0.1, -0.05) is 245 Å². The number of esters is 2. The summed E-state index contributed by atoms with van der Waals surface area (Å²) in [6.07, 6.45) is 48.8. The molecular weight excluding hydrogens is 735 g/mol. The molecule has 0 aliphatic carbocycles. The Morgan fingerprint density at radius 1 is 0.421 bits per heavy atom. The summed E-state index contributed by atoms with van der Waals surface area (Å²) in [6.45, 7) is 3.94. The molecule has 0 aliphatic heterocycles. The summed E-state index contributed by atoms with van der Waals surface area (Å²) in [5, 5.41) is 0. The number of phosphoric ester groups is 1. The van der Waals surface area contributed by atoms with Crippen LogP contribution in [0.25, 0.3) is 0 Å². The summed E-state index contributed by atoms with van der Waals surface area (Å²) >= 11 is 0. The van der Waals surface area contributed by atoms with E-state index in [1.165, 1.54) is 205 Å². The molecule has 0 rings (SSSR count). The molecule has 9 heteroatoms. The monoisotopic (exact) mass is 831 g/mol. The molecule has 0 saturated heterocycles. The third-order valence-corrected chi connectivity index (χ3v) is 12.3. The first-order chi connectivity index (χ1) is 27.8. The fraction of sp³-hybridized carbons (Fsp3) is 0.958. The molecule has 340 valence electrons. The second kappa shape index (κ2) is 44.6. The molecule has 0 spiro atoms. The van der Waals surface area contributed by atoms with E-state index in [4.69, 9.17) is 14.0 Å². The SMILES string of the molecule is CCCCCCCCCCCCCCCCCCCCCCCCCCC(=O)OC(COC(=O)CCCCCCCCCCCCCCCC)COP(=O)(O)OC. The third-order valence-electron chi connectivity index (χ3n) is 11.4. The maximum atomic E-state index is 12.6. The number of rotatable bonds is 47. The summed E-state index contributed by atoms with van der Waals surface area (Å²) < 4.78 is 32.1. The van der Waals surface area contributed by atoms with Gasteiger partial charge in [-0.25, -0.2) is 4.57 Å². The average Bonchev–Trinajstić information content (AvgIpc) is 3.20. The predicted octanol–water partition coefficient (Wildman–Crippen LogP) is 15.8. The number of unbranched alkanes of at least 4 members (excludes halogenated alkanes) is 36. The second-order valence-electron chi connectivity index (χ2n) is 17.0. The smallest absolute Gasteiger partial charge is 0.462 e. The van der Waals surface area contributed by atoms with Crippen molar-refractivity contribution < 1.29 is 37.6 Å². The van der Waals surface area contributed by atoms with Gasteiger partial charge in [0.1, 0.15) is 6.61 Å². The molecule has 0 saturated carbocycles. The van der Waals surface area contributed by atoms with Crippen LogP contribution in [0.4, 0.5) is 0 Å². The Kier molecular flexibility index (Phi) is 43.9. The molecule has 0 aromatic rings. The molecule has 1 N–H and O–H groups in total. The molecule has 2 unspecified atom stereocenters. The summed E-state index contributed by atoms with van der Waals surface area (Å²) in [6, 6.07) is 0. The fourth-order valence-electron chi connectivity index (χ4n) is 7.54. The maximum Gasteiger partial charge on any atom is 0.472 e. The normalized spacial score (nSPS) is 13.1. The minimum atomic E-state index is -4.26. The van der Waals surface area contributed by atoms with E-state index < -0.39 is 19.9 Å². The Balaban J connectivity index is 3.82. The van der Waals surface area contributed by atoms with Crippen LogP contribution in [0.3, 0.4) is 0 Å². The lowest BCUT2D eigenvalue weighted by Gasteiger charge is -2.19. The maximum absolute atomic E-state index is 12.6. The van der Waals surface area contributed by atoms with Crippen LogP contribution >= 0.6 is 7.82 Å². The molecule has 0 radical (unpaired) electrons. The third kappa shape index (κ3) is 44.4. The Bertz CT molecular complexity index is 900. The van der Waals surface area contributed by atoms with E-state index in [2.05, 4.69) is 18.4 Å². The van der Waals surface area contributed by atoms with Gasteiger partial charge in [-0.15, -0.1) is 0 Å². The summed E-state index contributed by atoms with van der Waals surface area (Å²) in [7, 11) is -3.19. The molecule has 0 fully saturated rings. The first-order valence-corrected chi connectivity index (χ1v) is 26.2. The Labute approximate surface area is 353 Å². The molecule has 0 aromatic heterocycles. The van der Waals surface area contributed by atoms with Gasteiger partial charge in [-0.2, -0.15) is 0 Å². The van der Waals surface area contributed by atoms with E-state index in [0.29, 0.717) is 6.42 Å².